The molecule has 5 nitrogen and oxygen atoms in total. The van der Waals surface area contributed by atoms with Gasteiger partial charge in [-0.2, -0.15) is 0 Å². The minimum atomic E-state index is -0.807. The van der Waals surface area contributed by atoms with Crippen LogP contribution in [0.3, 0.4) is 0 Å². The molecule has 1 aliphatic heterocycles. The maximum absolute atomic E-state index is 10.9. The number of rotatable bonds is 4. The summed E-state index contributed by atoms with van der Waals surface area (Å²) in [6.45, 7) is 4.10. The van der Waals surface area contributed by atoms with Crippen LogP contribution in [0.5, 0.6) is 0 Å². The molecule has 1 aromatic carbocycles. The van der Waals surface area contributed by atoms with Crippen molar-refractivity contribution in [3.63, 3.8) is 0 Å². The third-order valence-corrected chi connectivity index (χ3v) is 4.81. The van der Waals surface area contributed by atoms with Gasteiger partial charge in [-0.25, -0.2) is 4.98 Å². The Balaban J connectivity index is 2.04. The van der Waals surface area contributed by atoms with Gasteiger partial charge in [0, 0.05) is 6.54 Å². The molecule has 0 amide bonds. The molecule has 0 radical (unpaired) electrons. The van der Waals surface area contributed by atoms with Gasteiger partial charge < -0.3 is 14.6 Å². The Morgan fingerprint density at radius 2 is 2.33 bits per heavy atom. The highest BCUT2D eigenvalue weighted by molar-refractivity contribution is 7.99. The van der Waals surface area contributed by atoms with Gasteiger partial charge in [-0.05, 0) is 44.6 Å². The van der Waals surface area contributed by atoms with Gasteiger partial charge in [0.15, 0.2) is 5.16 Å². The predicted molar refractivity (Wildman–Crippen MR) is 84.0 cm³/mol. The molecule has 1 aromatic heterocycles. The molecule has 0 bridgehead atoms. The Bertz CT molecular complexity index is 683. The number of nitrogens with zero attached hydrogens (tertiary/aromatic N) is 3. The summed E-state index contributed by atoms with van der Waals surface area (Å²) in [7, 11) is 2.12. The fourth-order valence-corrected chi connectivity index (χ4v) is 3.69. The smallest absolute Gasteiger partial charge is 0.313 e. The lowest BCUT2D eigenvalue weighted by Gasteiger charge is -2.16. The quantitative estimate of drug-likeness (QED) is 0.879. The molecule has 2 heterocycles. The van der Waals surface area contributed by atoms with E-state index in [4.69, 9.17) is 5.11 Å². The number of carboxylic acid groups (broad SMARTS) is 1. The normalized spacial score (nSPS) is 19.4. The van der Waals surface area contributed by atoms with Crippen molar-refractivity contribution in [3.05, 3.63) is 23.8 Å². The number of thioether (sulfide) groups is 1. The number of aliphatic carboxylic acids is 1. The molecule has 0 saturated carbocycles. The maximum Gasteiger partial charge on any atom is 0.313 e. The Morgan fingerprint density at radius 1 is 1.52 bits per heavy atom. The minimum Gasteiger partial charge on any atom is -0.481 e. The first-order valence-electron chi connectivity index (χ1n) is 7.06. The van der Waals surface area contributed by atoms with Crippen LogP contribution in [-0.4, -0.2) is 51.4 Å². The van der Waals surface area contributed by atoms with Gasteiger partial charge in [0.1, 0.15) is 0 Å². The number of hydrogen-bond acceptors (Lipinski definition) is 4. The van der Waals surface area contributed by atoms with E-state index in [0.29, 0.717) is 6.04 Å². The predicted octanol–water partition coefficient (Wildman–Crippen LogP) is 2.40. The van der Waals surface area contributed by atoms with Gasteiger partial charge >= 0.3 is 5.97 Å². The zero-order valence-electron chi connectivity index (χ0n) is 12.2. The minimum absolute atomic E-state index is 0.0465. The van der Waals surface area contributed by atoms with Gasteiger partial charge in [0.05, 0.1) is 22.8 Å². The number of imidazole rings is 1. The zero-order chi connectivity index (χ0) is 15.0. The van der Waals surface area contributed by atoms with E-state index in [0.717, 1.165) is 35.7 Å². The van der Waals surface area contributed by atoms with E-state index < -0.39 is 5.97 Å². The number of carboxylic acids is 1. The number of carbonyl (C=O) groups is 1. The van der Waals surface area contributed by atoms with Gasteiger partial charge in [-0.15, -0.1) is 0 Å². The second kappa shape index (κ2) is 5.69. The standard InChI is InChI=1S/C15H19N3O2S/c1-10-3-4-13-12(7-10)16-15(21-9-14(19)20)18(13)11-5-6-17(2)8-11/h3-4,7,11H,5-6,8-9H2,1-2H3,(H,19,20). The molecule has 112 valence electrons. The van der Waals surface area contributed by atoms with Gasteiger partial charge in [-0.1, -0.05) is 17.8 Å². The Hall–Kier alpha value is -1.53. The summed E-state index contributed by atoms with van der Waals surface area (Å²) in [6.07, 6.45) is 1.08. The van der Waals surface area contributed by atoms with Crippen molar-refractivity contribution in [1.82, 2.24) is 14.5 Å². The molecule has 1 atom stereocenters. The van der Waals surface area contributed by atoms with Gasteiger partial charge in [0.25, 0.3) is 0 Å². The molecule has 6 heteroatoms. The van der Waals surface area contributed by atoms with E-state index >= 15 is 0 Å². The molecule has 1 N–H and O–H groups in total. The largest absolute Gasteiger partial charge is 0.481 e. The summed E-state index contributed by atoms with van der Waals surface area (Å²) in [4.78, 5) is 17.8. The second-order valence-electron chi connectivity index (χ2n) is 5.64. The number of aromatic nitrogens is 2. The lowest BCUT2D eigenvalue weighted by Crippen LogP contribution is -2.17. The van der Waals surface area contributed by atoms with Crippen molar-refractivity contribution in [1.29, 1.82) is 0 Å². The Kier molecular flexibility index (Phi) is 3.91. The summed E-state index contributed by atoms with van der Waals surface area (Å²) in [5, 5.41) is 9.74. The van der Waals surface area contributed by atoms with Crippen molar-refractivity contribution >= 4 is 28.8 Å². The molecule has 0 spiro atoms. The molecule has 2 aromatic rings. The second-order valence-corrected chi connectivity index (χ2v) is 6.59. The van der Waals surface area contributed by atoms with E-state index in [2.05, 4.69) is 39.7 Å². The van der Waals surface area contributed by atoms with Crippen LogP contribution >= 0.6 is 11.8 Å². The van der Waals surface area contributed by atoms with E-state index in [-0.39, 0.29) is 5.75 Å². The van der Waals surface area contributed by atoms with E-state index in [1.165, 1.54) is 17.3 Å². The molecule has 21 heavy (non-hydrogen) atoms. The van der Waals surface area contributed by atoms with E-state index in [1.807, 2.05) is 6.92 Å². The summed E-state index contributed by atoms with van der Waals surface area (Å²) >= 11 is 1.31. The monoisotopic (exact) mass is 305 g/mol. The van der Waals surface area contributed by atoms with Crippen molar-refractivity contribution in [2.45, 2.75) is 24.5 Å². The molecule has 0 aliphatic carbocycles. The summed E-state index contributed by atoms with van der Waals surface area (Å²) in [5.41, 5.74) is 3.23. The lowest BCUT2D eigenvalue weighted by atomic mass is 10.2. The number of likely N-dealkylation sites (tertiary alicyclic amines) is 1. The molecule has 1 aliphatic rings. The maximum atomic E-state index is 10.9. The summed E-state index contributed by atoms with van der Waals surface area (Å²) < 4.78 is 2.23. The fourth-order valence-electron chi connectivity index (χ4n) is 2.89. The van der Waals surface area contributed by atoms with Crippen LogP contribution in [0.2, 0.25) is 0 Å². The van der Waals surface area contributed by atoms with Gasteiger partial charge in [-0.3, -0.25) is 4.79 Å². The van der Waals surface area contributed by atoms with Crippen LogP contribution in [0.4, 0.5) is 0 Å². The van der Waals surface area contributed by atoms with Crippen LogP contribution in [0.1, 0.15) is 18.0 Å². The van der Waals surface area contributed by atoms with Crippen molar-refractivity contribution in [3.8, 4) is 0 Å². The Morgan fingerprint density at radius 3 is 3.00 bits per heavy atom. The Labute approximate surface area is 128 Å². The van der Waals surface area contributed by atoms with Crippen LogP contribution < -0.4 is 0 Å². The van der Waals surface area contributed by atoms with Crippen LogP contribution in [-0.2, 0) is 4.79 Å². The summed E-state index contributed by atoms with van der Waals surface area (Å²) in [6, 6.07) is 6.63. The van der Waals surface area contributed by atoms with Crippen molar-refractivity contribution in [2.24, 2.45) is 0 Å². The summed E-state index contributed by atoms with van der Waals surface area (Å²) in [5.74, 6) is -0.761. The number of aryl methyl sites for hydroxylation is 1. The fraction of sp³-hybridized carbons (Fsp3) is 0.467. The molecule has 1 fully saturated rings. The average molecular weight is 305 g/mol. The SMILES string of the molecule is Cc1ccc2c(c1)nc(SCC(=O)O)n2C1CCN(C)C1. The highest BCUT2D eigenvalue weighted by Crippen LogP contribution is 2.32. The third-order valence-electron chi connectivity index (χ3n) is 3.87. The number of benzene rings is 1. The first kappa shape index (κ1) is 14.4. The topological polar surface area (TPSA) is 58.4 Å². The average Bonchev–Trinajstić information content (AvgIpc) is 2.98. The molecule has 1 saturated heterocycles. The first-order valence-corrected chi connectivity index (χ1v) is 8.05. The number of likely N-dealkylation sites (N-methyl/N-ethyl adjacent to an activating group) is 1. The van der Waals surface area contributed by atoms with E-state index in [1.54, 1.807) is 0 Å². The third kappa shape index (κ3) is 2.91. The zero-order valence-corrected chi connectivity index (χ0v) is 13.1. The van der Waals surface area contributed by atoms with Crippen molar-refractivity contribution < 1.29 is 9.90 Å². The highest BCUT2D eigenvalue weighted by atomic mass is 32.2. The van der Waals surface area contributed by atoms with Crippen molar-refractivity contribution in [2.75, 3.05) is 25.9 Å². The van der Waals surface area contributed by atoms with Crippen LogP contribution in [0.15, 0.2) is 23.4 Å². The number of fused-ring (bicyclic) bond motifs is 1. The number of hydrogen-bond donors (Lipinski definition) is 1. The highest BCUT2D eigenvalue weighted by Gasteiger charge is 2.25. The van der Waals surface area contributed by atoms with E-state index in [9.17, 15) is 4.79 Å². The van der Waals surface area contributed by atoms with Crippen LogP contribution in [0, 0.1) is 6.92 Å². The first-order chi connectivity index (χ1) is 10.0. The van der Waals surface area contributed by atoms with Gasteiger partial charge in [0.2, 0.25) is 0 Å². The molecular formula is C15H19N3O2S. The van der Waals surface area contributed by atoms with Crippen LogP contribution in [0.25, 0.3) is 11.0 Å². The molecule has 1 unspecified atom stereocenters. The molecule has 3 rings (SSSR count). The molecular weight excluding hydrogens is 286 g/mol. The lowest BCUT2D eigenvalue weighted by molar-refractivity contribution is -0.133.